The quantitative estimate of drug-likeness (QED) is 0.280. The zero-order valence-corrected chi connectivity index (χ0v) is 22.3. The molecule has 2 fully saturated rings. The molecule has 0 aliphatic heterocycles. The maximum Gasteiger partial charge on any atom is 0.400 e. The number of rotatable bonds is 6. The van der Waals surface area contributed by atoms with Crippen LogP contribution in [-0.4, -0.2) is 6.11 Å². The first-order valence-corrected chi connectivity index (χ1v) is 14.0. The highest BCUT2D eigenvalue weighted by Gasteiger charge is 2.44. The van der Waals surface area contributed by atoms with Gasteiger partial charge in [-0.05, 0) is 96.7 Å². The normalized spacial score (nSPS) is 24.3. The molecule has 5 rings (SSSR count). The first-order valence-electron chi connectivity index (χ1n) is 13.6. The third-order valence-corrected chi connectivity index (χ3v) is 8.83. The summed E-state index contributed by atoms with van der Waals surface area (Å²) in [5.74, 6) is -1.09. The Morgan fingerprint density at radius 2 is 1.34 bits per heavy atom. The molecule has 2 aliphatic carbocycles. The van der Waals surface area contributed by atoms with Crippen LogP contribution in [0.5, 0.6) is 5.75 Å². The van der Waals surface area contributed by atoms with Crippen LogP contribution in [0.1, 0.15) is 81.3 Å². The van der Waals surface area contributed by atoms with Gasteiger partial charge in [0.25, 0.3) is 0 Å². The van der Waals surface area contributed by atoms with E-state index < -0.39 is 17.8 Å². The lowest BCUT2D eigenvalue weighted by atomic mass is 9.77. The van der Waals surface area contributed by atoms with Crippen LogP contribution in [0, 0.1) is 23.5 Å². The lowest BCUT2D eigenvalue weighted by Gasteiger charge is -2.33. The van der Waals surface area contributed by atoms with E-state index in [0.717, 1.165) is 23.1 Å². The molecule has 0 unspecified atom stereocenters. The molecule has 2 saturated carbocycles. The molecule has 202 valence electrons. The van der Waals surface area contributed by atoms with Crippen molar-refractivity contribution in [2.45, 2.75) is 76.2 Å². The van der Waals surface area contributed by atoms with E-state index in [1.807, 2.05) is 6.07 Å². The molecule has 1 nitrogen and oxygen atoms in total. The average molecular weight is 545 g/mol. The molecule has 0 atom stereocenters. The molecule has 0 N–H and O–H groups in total. The van der Waals surface area contributed by atoms with Gasteiger partial charge < -0.3 is 4.74 Å². The Labute approximate surface area is 227 Å². The minimum absolute atomic E-state index is 0.125. The Hall–Kier alpha value is -2.53. The SMILES string of the molecule is CC1CCC(c2ccc(-c3ccc(C4CCC(C(F)(F)Oc5ccc(Cl)c(F)c5)CC4)c(F)c3)cc2)CC1. The van der Waals surface area contributed by atoms with E-state index in [4.69, 9.17) is 16.3 Å². The topological polar surface area (TPSA) is 9.23 Å². The van der Waals surface area contributed by atoms with Gasteiger partial charge in [0.2, 0.25) is 0 Å². The molecule has 3 aromatic carbocycles. The molecule has 3 aromatic rings. The number of alkyl halides is 2. The van der Waals surface area contributed by atoms with E-state index in [0.29, 0.717) is 24.3 Å². The summed E-state index contributed by atoms with van der Waals surface area (Å²) in [5, 5.41) is -0.152. The van der Waals surface area contributed by atoms with Crippen LogP contribution in [0.15, 0.2) is 60.7 Å². The maximum absolute atomic E-state index is 15.2. The molecule has 0 saturated heterocycles. The van der Waals surface area contributed by atoms with Crippen molar-refractivity contribution >= 4 is 11.6 Å². The predicted molar refractivity (Wildman–Crippen MR) is 144 cm³/mol. The number of halogens is 5. The van der Waals surface area contributed by atoms with Crippen LogP contribution in [0.2, 0.25) is 5.02 Å². The molecule has 6 heteroatoms. The standard InChI is InChI=1S/C32H33ClF4O/c1-20-2-4-21(5-3-20)22-6-8-23(9-7-22)25-12-16-28(30(34)18-25)24-10-13-26(14-11-24)32(36,37)38-27-15-17-29(33)31(35)19-27/h6-9,12,15-21,24,26H,2-5,10-11,13-14H2,1H3. The van der Waals surface area contributed by atoms with Gasteiger partial charge >= 0.3 is 6.11 Å². The fraction of sp³-hybridized carbons (Fsp3) is 0.438. The van der Waals surface area contributed by atoms with Crippen LogP contribution < -0.4 is 4.74 Å². The Balaban J connectivity index is 1.20. The molecule has 0 amide bonds. The largest absolute Gasteiger partial charge is 0.432 e. The second kappa shape index (κ2) is 11.3. The summed E-state index contributed by atoms with van der Waals surface area (Å²) in [5.41, 5.74) is 3.72. The van der Waals surface area contributed by atoms with Crippen LogP contribution in [0.25, 0.3) is 11.1 Å². The third-order valence-electron chi connectivity index (χ3n) is 8.52. The monoisotopic (exact) mass is 544 g/mol. The summed E-state index contributed by atoms with van der Waals surface area (Å²) in [7, 11) is 0. The van der Waals surface area contributed by atoms with Gasteiger partial charge in [-0.15, -0.1) is 0 Å². The van der Waals surface area contributed by atoms with E-state index in [2.05, 4.69) is 31.2 Å². The van der Waals surface area contributed by atoms with Crippen LogP contribution >= 0.6 is 11.6 Å². The minimum Gasteiger partial charge on any atom is -0.432 e. The predicted octanol–water partition coefficient (Wildman–Crippen LogP) is 10.5. The van der Waals surface area contributed by atoms with Gasteiger partial charge in [0, 0.05) is 6.07 Å². The molecule has 0 aromatic heterocycles. The van der Waals surface area contributed by atoms with Crippen molar-refractivity contribution in [3.8, 4) is 16.9 Å². The van der Waals surface area contributed by atoms with Gasteiger partial charge in [-0.25, -0.2) is 8.78 Å². The van der Waals surface area contributed by atoms with E-state index in [1.165, 1.54) is 43.4 Å². The maximum atomic E-state index is 15.2. The van der Waals surface area contributed by atoms with Crippen molar-refractivity contribution in [2.24, 2.45) is 11.8 Å². The first kappa shape index (κ1) is 27.1. The van der Waals surface area contributed by atoms with Crippen molar-refractivity contribution in [1.82, 2.24) is 0 Å². The van der Waals surface area contributed by atoms with Gasteiger partial charge in [0.15, 0.2) is 0 Å². The summed E-state index contributed by atoms with van der Waals surface area (Å²) in [4.78, 5) is 0. The van der Waals surface area contributed by atoms with Crippen molar-refractivity contribution in [1.29, 1.82) is 0 Å². The first-order chi connectivity index (χ1) is 18.2. The fourth-order valence-electron chi connectivity index (χ4n) is 6.10. The average Bonchev–Trinajstić information content (AvgIpc) is 2.91. The summed E-state index contributed by atoms with van der Waals surface area (Å²) in [6.07, 6.45) is 2.80. The number of benzene rings is 3. The van der Waals surface area contributed by atoms with Crippen LogP contribution in [0.4, 0.5) is 17.6 Å². The van der Waals surface area contributed by atoms with E-state index in [-0.39, 0.29) is 35.3 Å². The zero-order valence-electron chi connectivity index (χ0n) is 21.5. The van der Waals surface area contributed by atoms with E-state index >= 15 is 4.39 Å². The highest BCUT2D eigenvalue weighted by atomic mass is 35.5. The second-order valence-corrected chi connectivity index (χ2v) is 11.5. The summed E-state index contributed by atoms with van der Waals surface area (Å²) in [6.45, 7) is 2.32. The van der Waals surface area contributed by atoms with Gasteiger partial charge in [-0.3, -0.25) is 0 Å². The Morgan fingerprint density at radius 1 is 0.711 bits per heavy atom. The summed E-state index contributed by atoms with van der Waals surface area (Å²) >= 11 is 5.62. The Kier molecular flexibility index (Phi) is 8.04. The van der Waals surface area contributed by atoms with E-state index in [9.17, 15) is 13.2 Å². The zero-order chi connectivity index (χ0) is 26.9. The minimum atomic E-state index is -3.45. The highest BCUT2D eigenvalue weighted by molar-refractivity contribution is 6.30. The van der Waals surface area contributed by atoms with Gasteiger partial charge in [-0.1, -0.05) is 67.8 Å². The van der Waals surface area contributed by atoms with Crippen LogP contribution in [0.3, 0.4) is 0 Å². The van der Waals surface area contributed by atoms with Gasteiger partial charge in [0.1, 0.15) is 17.4 Å². The van der Waals surface area contributed by atoms with E-state index in [1.54, 1.807) is 12.1 Å². The molecule has 0 bridgehead atoms. The number of hydrogen-bond donors (Lipinski definition) is 0. The Bertz CT molecular complexity index is 1240. The smallest absolute Gasteiger partial charge is 0.400 e. The van der Waals surface area contributed by atoms with Gasteiger partial charge in [0.05, 0.1) is 10.9 Å². The summed E-state index contributed by atoms with van der Waals surface area (Å²) < 4.78 is 63.3. The van der Waals surface area contributed by atoms with Crippen molar-refractivity contribution in [3.05, 3.63) is 88.4 Å². The lowest BCUT2D eigenvalue weighted by molar-refractivity contribution is -0.222. The molecular weight excluding hydrogens is 512 g/mol. The second-order valence-electron chi connectivity index (χ2n) is 11.1. The Morgan fingerprint density at radius 3 is 1.97 bits per heavy atom. The number of ether oxygens (including phenoxy) is 1. The third kappa shape index (κ3) is 6.03. The lowest BCUT2D eigenvalue weighted by Crippen LogP contribution is -2.37. The molecule has 0 heterocycles. The van der Waals surface area contributed by atoms with Crippen molar-refractivity contribution in [3.63, 3.8) is 0 Å². The van der Waals surface area contributed by atoms with Crippen LogP contribution in [-0.2, 0) is 0 Å². The highest BCUT2D eigenvalue weighted by Crippen LogP contribution is 2.44. The number of hydrogen-bond acceptors (Lipinski definition) is 1. The van der Waals surface area contributed by atoms with Crippen molar-refractivity contribution < 1.29 is 22.3 Å². The van der Waals surface area contributed by atoms with Crippen molar-refractivity contribution in [2.75, 3.05) is 0 Å². The summed E-state index contributed by atoms with van der Waals surface area (Å²) in [6, 6.07) is 17.1. The molecule has 2 aliphatic rings. The molecule has 38 heavy (non-hydrogen) atoms. The fourth-order valence-corrected chi connectivity index (χ4v) is 6.22. The molecule has 0 spiro atoms. The van der Waals surface area contributed by atoms with Gasteiger partial charge in [-0.2, -0.15) is 8.78 Å². The molecule has 0 radical (unpaired) electrons. The molecular formula is C32H33ClF4O.